The van der Waals surface area contributed by atoms with Gasteiger partial charge in [0.15, 0.2) is 0 Å². The highest BCUT2D eigenvalue weighted by Crippen LogP contribution is 2.22. The van der Waals surface area contributed by atoms with Crippen molar-refractivity contribution in [1.29, 1.82) is 0 Å². The van der Waals surface area contributed by atoms with Crippen molar-refractivity contribution in [2.45, 2.75) is 25.3 Å². The lowest BCUT2D eigenvalue weighted by molar-refractivity contribution is -0.134. The minimum absolute atomic E-state index is 0. The number of ether oxygens (including phenoxy) is 1. The summed E-state index contributed by atoms with van der Waals surface area (Å²) in [5.41, 5.74) is 1.17. The zero-order valence-electron chi connectivity index (χ0n) is 14.1. The molecule has 1 aromatic carbocycles. The van der Waals surface area contributed by atoms with Crippen molar-refractivity contribution in [2.24, 2.45) is 0 Å². The van der Waals surface area contributed by atoms with E-state index in [-0.39, 0.29) is 36.8 Å². The van der Waals surface area contributed by atoms with E-state index in [1.54, 1.807) is 7.11 Å². The van der Waals surface area contributed by atoms with Crippen LogP contribution in [0, 0.1) is 0 Å². The molecule has 2 heterocycles. The normalized spacial score (nSPS) is 20.6. The maximum Gasteiger partial charge on any atom is 0.239 e. The summed E-state index contributed by atoms with van der Waals surface area (Å²) in [6.07, 6.45) is 3.33. The molecule has 0 spiro atoms. The predicted molar refractivity (Wildman–Crippen MR) is 102 cm³/mol. The van der Waals surface area contributed by atoms with Gasteiger partial charge in [-0.2, -0.15) is 0 Å². The van der Waals surface area contributed by atoms with Crippen LogP contribution in [0.5, 0.6) is 5.75 Å². The van der Waals surface area contributed by atoms with Gasteiger partial charge in [0.05, 0.1) is 13.2 Å². The van der Waals surface area contributed by atoms with E-state index in [1.165, 1.54) is 12.1 Å². The largest absolute Gasteiger partial charge is 0.497 e. The first kappa shape index (κ1) is 20.9. The lowest BCUT2D eigenvalue weighted by atomic mass is 10.0. The number of nitrogens with one attached hydrogen (secondary N) is 1. The number of carbonyl (C=O) groups excluding carboxylic acids is 1. The van der Waals surface area contributed by atoms with Gasteiger partial charge in [-0.3, -0.25) is 4.79 Å². The highest BCUT2D eigenvalue weighted by molar-refractivity contribution is 5.85. The zero-order valence-corrected chi connectivity index (χ0v) is 15.7. The van der Waals surface area contributed by atoms with Crippen LogP contribution in [0.2, 0.25) is 0 Å². The maximum absolute atomic E-state index is 12.5. The standard InChI is InChI=1S/C17H25N3O2.2ClH/c1-22-15-6-4-5-14(13-15)19-9-11-20(12-10-19)17(21)16-7-2-3-8-18-16;;/h4-6,13,16,18H,2-3,7-12H2,1H3;2*1H/t16-;;/m0../s1. The average molecular weight is 376 g/mol. The molecule has 2 fully saturated rings. The summed E-state index contributed by atoms with van der Waals surface area (Å²) in [5, 5.41) is 3.35. The minimum atomic E-state index is 0. The van der Waals surface area contributed by atoms with Gasteiger partial charge in [-0.25, -0.2) is 0 Å². The smallest absolute Gasteiger partial charge is 0.239 e. The predicted octanol–water partition coefficient (Wildman–Crippen LogP) is 2.33. The van der Waals surface area contributed by atoms with Crippen molar-refractivity contribution in [1.82, 2.24) is 10.2 Å². The van der Waals surface area contributed by atoms with Gasteiger partial charge in [0.2, 0.25) is 5.91 Å². The second kappa shape index (κ2) is 9.97. The summed E-state index contributed by atoms with van der Waals surface area (Å²) in [4.78, 5) is 16.9. The third-order valence-electron chi connectivity index (χ3n) is 4.62. The summed E-state index contributed by atoms with van der Waals surface area (Å²) >= 11 is 0. The van der Waals surface area contributed by atoms with Crippen LogP contribution in [0.3, 0.4) is 0 Å². The first-order chi connectivity index (χ1) is 10.8. The molecule has 2 aliphatic heterocycles. The molecule has 3 rings (SSSR count). The fourth-order valence-electron chi connectivity index (χ4n) is 3.28. The Kier molecular flexibility index (Phi) is 8.67. The molecular formula is C17H27Cl2N3O2. The molecule has 136 valence electrons. The van der Waals surface area contributed by atoms with Crippen LogP contribution in [0.15, 0.2) is 24.3 Å². The van der Waals surface area contributed by atoms with Gasteiger partial charge in [0, 0.05) is 37.9 Å². The molecule has 1 N–H and O–H groups in total. The van der Waals surface area contributed by atoms with E-state index in [1.807, 2.05) is 17.0 Å². The lowest BCUT2D eigenvalue weighted by Crippen LogP contribution is -2.55. The second-order valence-corrected chi connectivity index (χ2v) is 6.02. The van der Waals surface area contributed by atoms with Gasteiger partial charge in [0.25, 0.3) is 0 Å². The van der Waals surface area contributed by atoms with E-state index >= 15 is 0 Å². The summed E-state index contributed by atoms with van der Waals surface area (Å²) < 4.78 is 5.28. The Hall–Kier alpha value is -1.17. The molecule has 0 unspecified atom stereocenters. The number of hydrogen-bond acceptors (Lipinski definition) is 4. The van der Waals surface area contributed by atoms with Gasteiger partial charge >= 0.3 is 0 Å². The quantitative estimate of drug-likeness (QED) is 0.880. The van der Waals surface area contributed by atoms with Gasteiger partial charge in [0.1, 0.15) is 5.75 Å². The van der Waals surface area contributed by atoms with Crippen LogP contribution < -0.4 is 15.0 Å². The van der Waals surface area contributed by atoms with Crippen LogP contribution in [0.1, 0.15) is 19.3 Å². The SMILES string of the molecule is COc1cccc(N2CCN(C(=O)[C@@H]3CCCCN3)CC2)c1.Cl.Cl. The van der Waals surface area contributed by atoms with Gasteiger partial charge in [-0.05, 0) is 31.5 Å². The number of rotatable bonds is 3. The number of methoxy groups -OCH3 is 1. The van der Waals surface area contributed by atoms with Crippen LogP contribution in [0.25, 0.3) is 0 Å². The van der Waals surface area contributed by atoms with E-state index < -0.39 is 0 Å². The molecule has 7 heteroatoms. The summed E-state index contributed by atoms with van der Waals surface area (Å²) in [5.74, 6) is 1.16. The van der Waals surface area contributed by atoms with E-state index in [0.717, 1.165) is 51.3 Å². The number of benzene rings is 1. The lowest BCUT2D eigenvalue weighted by Gasteiger charge is -2.38. The molecule has 0 saturated carbocycles. The van der Waals surface area contributed by atoms with E-state index in [9.17, 15) is 4.79 Å². The second-order valence-electron chi connectivity index (χ2n) is 6.02. The van der Waals surface area contributed by atoms with Crippen molar-refractivity contribution < 1.29 is 9.53 Å². The zero-order chi connectivity index (χ0) is 15.4. The number of halogens is 2. The third kappa shape index (κ3) is 4.91. The van der Waals surface area contributed by atoms with Crippen LogP contribution in [-0.4, -0.2) is 56.7 Å². The topological polar surface area (TPSA) is 44.8 Å². The van der Waals surface area contributed by atoms with E-state index in [4.69, 9.17) is 4.74 Å². The van der Waals surface area contributed by atoms with Crippen molar-refractivity contribution in [3.05, 3.63) is 24.3 Å². The van der Waals surface area contributed by atoms with Crippen molar-refractivity contribution in [2.75, 3.05) is 44.7 Å². The Bertz CT molecular complexity index is 516. The third-order valence-corrected chi connectivity index (χ3v) is 4.62. The Morgan fingerprint density at radius 2 is 1.92 bits per heavy atom. The van der Waals surface area contributed by atoms with Gasteiger partial charge in [-0.1, -0.05) is 12.5 Å². The minimum Gasteiger partial charge on any atom is -0.497 e. The first-order valence-corrected chi connectivity index (χ1v) is 8.19. The van der Waals surface area contributed by atoms with Crippen molar-refractivity contribution in [3.63, 3.8) is 0 Å². The van der Waals surface area contributed by atoms with E-state index in [0.29, 0.717) is 0 Å². The molecule has 0 radical (unpaired) electrons. The molecule has 1 amide bonds. The highest BCUT2D eigenvalue weighted by atomic mass is 35.5. The Labute approximate surface area is 156 Å². The molecule has 1 atom stereocenters. The Morgan fingerprint density at radius 1 is 1.17 bits per heavy atom. The number of piperazine rings is 1. The molecular weight excluding hydrogens is 349 g/mol. The van der Waals surface area contributed by atoms with Crippen molar-refractivity contribution >= 4 is 36.4 Å². The Balaban J connectivity index is 0.00000144. The van der Waals surface area contributed by atoms with Gasteiger partial charge < -0.3 is 19.9 Å². The number of anilines is 1. The van der Waals surface area contributed by atoms with Crippen molar-refractivity contribution in [3.8, 4) is 5.75 Å². The van der Waals surface area contributed by atoms with Crippen LogP contribution in [-0.2, 0) is 4.79 Å². The van der Waals surface area contributed by atoms with Gasteiger partial charge in [-0.15, -0.1) is 24.8 Å². The monoisotopic (exact) mass is 375 g/mol. The molecule has 5 nitrogen and oxygen atoms in total. The number of hydrogen-bond donors (Lipinski definition) is 1. The molecule has 2 aliphatic rings. The molecule has 0 bridgehead atoms. The number of carbonyl (C=O) groups is 1. The first-order valence-electron chi connectivity index (χ1n) is 8.19. The molecule has 1 aromatic rings. The number of amides is 1. The van der Waals surface area contributed by atoms with Crippen LogP contribution in [0.4, 0.5) is 5.69 Å². The summed E-state index contributed by atoms with van der Waals surface area (Å²) in [6.45, 7) is 4.33. The number of piperidine rings is 1. The highest BCUT2D eigenvalue weighted by Gasteiger charge is 2.28. The fourth-order valence-corrected chi connectivity index (χ4v) is 3.28. The average Bonchev–Trinajstić information content (AvgIpc) is 2.62. The molecule has 24 heavy (non-hydrogen) atoms. The maximum atomic E-state index is 12.5. The van der Waals surface area contributed by atoms with Crippen LogP contribution >= 0.6 is 24.8 Å². The summed E-state index contributed by atoms with van der Waals surface area (Å²) in [6, 6.07) is 8.16. The molecule has 2 saturated heterocycles. The number of nitrogens with zero attached hydrogens (tertiary/aromatic N) is 2. The molecule has 0 aliphatic carbocycles. The fraction of sp³-hybridized carbons (Fsp3) is 0.588. The van der Waals surface area contributed by atoms with E-state index in [2.05, 4.69) is 22.3 Å². The molecule has 0 aromatic heterocycles. The summed E-state index contributed by atoms with van der Waals surface area (Å²) in [7, 11) is 1.69. The Morgan fingerprint density at radius 3 is 2.54 bits per heavy atom.